The van der Waals surface area contributed by atoms with Gasteiger partial charge in [-0.3, -0.25) is 11.3 Å². The first-order valence-corrected chi connectivity index (χ1v) is 4.12. The van der Waals surface area contributed by atoms with E-state index >= 15 is 0 Å². The molecule has 0 aliphatic heterocycles. The number of hydrazine groups is 1. The fourth-order valence-corrected chi connectivity index (χ4v) is 1.13. The zero-order chi connectivity index (χ0) is 9.02. The predicted octanol–water partition coefficient (Wildman–Crippen LogP) is 1.69. The van der Waals surface area contributed by atoms with Crippen LogP contribution in [0.1, 0.15) is 27.7 Å². The van der Waals surface area contributed by atoms with Gasteiger partial charge in [-0.15, -0.1) is 0 Å². The van der Waals surface area contributed by atoms with E-state index < -0.39 is 0 Å². The number of nitrogens with two attached hydrogens (primary N) is 1. The van der Waals surface area contributed by atoms with E-state index in [0.29, 0.717) is 11.8 Å². The van der Waals surface area contributed by atoms with Crippen LogP contribution in [0, 0.1) is 11.8 Å². The molecule has 3 N–H and O–H groups in total. The summed E-state index contributed by atoms with van der Waals surface area (Å²) in [6.45, 7) is 12.5. The Morgan fingerprint density at radius 3 is 1.91 bits per heavy atom. The van der Waals surface area contributed by atoms with Crippen LogP contribution in [0.2, 0.25) is 0 Å². The second-order valence-corrected chi connectivity index (χ2v) is 3.59. The van der Waals surface area contributed by atoms with Crippen LogP contribution >= 0.6 is 0 Å². The van der Waals surface area contributed by atoms with Gasteiger partial charge in [-0.25, -0.2) is 0 Å². The van der Waals surface area contributed by atoms with Crippen molar-refractivity contribution in [2.45, 2.75) is 33.7 Å². The van der Waals surface area contributed by atoms with Crippen LogP contribution in [-0.4, -0.2) is 6.04 Å². The Kier molecular flexibility index (Phi) is 4.38. The summed E-state index contributed by atoms with van der Waals surface area (Å²) in [4.78, 5) is 0. The Hall–Kier alpha value is -0.340. The second-order valence-electron chi connectivity index (χ2n) is 3.59. The predicted molar refractivity (Wildman–Crippen MR) is 49.9 cm³/mol. The van der Waals surface area contributed by atoms with Gasteiger partial charge in [0.2, 0.25) is 0 Å². The summed E-state index contributed by atoms with van der Waals surface area (Å²) in [5.41, 5.74) is 3.89. The van der Waals surface area contributed by atoms with E-state index in [4.69, 9.17) is 5.84 Å². The first-order chi connectivity index (χ1) is 5.00. The minimum Gasteiger partial charge on any atom is -0.271 e. The van der Waals surface area contributed by atoms with E-state index in [-0.39, 0.29) is 6.04 Å². The topological polar surface area (TPSA) is 38.0 Å². The fraction of sp³-hybridized carbons (Fsp3) is 0.778. The summed E-state index contributed by atoms with van der Waals surface area (Å²) in [6.07, 6.45) is 0. The van der Waals surface area contributed by atoms with Gasteiger partial charge >= 0.3 is 0 Å². The molecule has 2 heteroatoms. The van der Waals surface area contributed by atoms with Crippen LogP contribution < -0.4 is 11.3 Å². The molecule has 66 valence electrons. The Morgan fingerprint density at radius 1 is 1.36 bits per heavy atom. The van der Waals surface area contributed by atoms with Crippen molar-refractivity contribution in [3.8, 4) is 0 Å². The highest BCUT2D eigenvalue weighted by Crippen LogP contribution is 2.18. The van der Waals surface area contributed by atoms with E-state index in [2.05, 4.69) is 32.8 Å². The van der Waals surface area contributed by atoms with Gasteiger partial charge in [0, 0.05) is 6.04 Å². The molecule has 0 radical (unpaired) electrons. The minimum absolute atomic E-state index is 0.245. The van der Waals surface area contributed by atoms with Gasteiger partial charge in [-0.2, -0.15) is 0 Å². The Labute approximate surface area is 69.8 Å². The first kappa shape index (κ1) is 10.7. The van der Waals surface area contributed by atoms with Crippen molar-refractivity contribution in [3.63, 3.8) is 0 Å². The molecule has 2 unspecified atom stereocenters. The molecule has 0 aliphatic carbocycles. The standard InChI is InChI=1S/C9H20N2/c1-6(2)8(5)9(11-10)7(3)4/h6,8-9,11H,3,10H2,1-2,4-5H3. The third-order valence-corrected chi connectivity index (χ3v) is 2.29. The molecule has 0 rings (SSSR count). The quantitative estimate of drug-likeness (QED) is 0.369. The van der Waals surface area contributed by atoms with Gasteiger partial charge in [0.1, 0.15) is 0 Å². The van der Waals surface area contributed by atoms with Crippen molar-refractivity contribution < 1.29 is 0 Å². The van der Waals surface area contributed by atoms with Crippen LogP contribution in [-0.2, 0) is 0 Å². The first-order valence-electron chi connectivity index (χ1n) is 4.12. The number of hydrogen-bond donors (Lipinski definition) is 2. The molecule has 0 saturated heterocycles. The zero-order valence-electron chi connectivity index (χ0n) is 8.02. The van der Waals surface area contributed by atoms with Gasteiger partial charge in [0.15, 0.2) is 0 Å². The molecule has 11 heavy (non-hydrogen) atoms. The maximum atomic E-state index is 5.40. The van der Waals surface area contributed by atoms with Crippen LogP contribution in [0.3, 0.4) is 0 Å². The molecule has 2 atom stereocenters. The molecule has 0 saturated carbocycles. The zero-order valence-corrected chi connectivity index (χ0v) is 8.02. The maximum Gasteiger partial charge on any atom is 0.0442 e. The molecule has 0 amide bonds. The van der Waals surface area contributed by atoms with Crippen molar-refractivity contribution >= 4 is 0 Å². The van der Waals surface area contributed by atoms with Crippen LogP contribution in [0.25, 0.3) is 0 Å². The molecule has 0 fully saturated rings. The normalized spacial score (nSPS) is 16.5. The van der Waals surface area contributed by atoms with Crippen LogP contribution in [0.4, 0.5) is 0 Å². The van der Waals surface area contributed by atoms with E-state index in [1.807, 2.05) is 6.92 Å². The molecule has 0 heterocycles. The lowest BCUT2D eigenvalue weighted by Crippen LogP contribution is -2.42. The fourth-order valence-electron chi connectivity index (χ4n) is 1.13. The van der Waals surface area contributed by atoms with Crippen molar-refractivity contribution in [3.05, 3.63) is 12.2 Å². The van der Waals surface area contributed by atoms with Gasteiger partial charge in [0.05, 0.1) is 0 Å². The summed E-state index contributed by atoms with van der Waals surface area (Å²) < 4.78 is 0. The van der Waals surface area contributed by atoms with Gasteiger partial charge < -0.3 is 0 Å². The highest BCUT2D eigenvalue weighted by atomic mass is 15.2. The Morgan fingerprint density at radius 2 is 1.82 bits per heavy atom. The van der Waals surface area contributed by atoms with Gasteiger partial charge in [-0.1, -0.05) is 32.9 Å². The molecule has 0 spiro atoms. The third-order valence-electron chi connectivity index (χ3n) is 2.29. The number of rotatable bonds is 4. The lowest BCUT2D eigenvalue weighted by Gasteiger charge is -2.26. The molecular formula is C9H20N2. The van der Waals surface area contributed by atoms with Gasteiger partial charge in [0.25, 0.3) is 0 Å². The van der Waals surface area contributed by atoms with E-state index in [1.165, 1.54) is 0 Å². The lowest BCUT2D eigenvalue weighted by molar-refractivity contribution is 0.332. The second kappa shape index (κ2) is 4.52. The van der Waals surface area contributed by atoms with Crippen molar-refractivity contribution in [2.75, 3.05) is 0 Å². The number of hydrogen-bond acceptors (Lipinski definition) is 2. The molecule has 0 aromatic heterocycles. The molecule has 0 aliphatic rings. The minimum atomic E-state index is 0.245. The highest BCUT2D eigenvalue weighted by Gasteiger charge is 2.18. The summed E-state index contributed by atoms with van der Waals surface area (Å²) >= 11 is 0. The molecule has 2 nitrogen and oxygen atoms in total. The van der Waals surface area contributed by atoms with Gasteiger partial charge in [-0.05, 0) is 18.8 Å². The smallest absolute Gasteiger partial charge is 0.0442 e. The largest absolute Gasteiger partial charge is 0.271 e. The molecular weight excluding hydrogens is 136 g/mol. The van der Waals surface area contributed by atoms with Crippen molar-refractivity contribution in [1.29, 1.82) is 0 Å². The third kappa shape index (κ3) is 3.04. The van der Waals surface area contributed by atoms with E-state index in [1.54, 1.807) is 0 Å². The molecule has 0 aromatic carbocycles. The molecule has 0 aromatic rings. The Bertz CT molecular complexity index is 130. The van der Waals surface area contributed by atoms with E-state index in [9.17, 15) is 0 Å². The highest BCUT2D eigenvalue weighted by molar-refractivity contribution is 5.03. The SMILES string of the molecule is C=C(C)C(NN)C(C)C(C)C. The number of nitrogens with one attached hydrogen (secondary N) is 1. The lowest BCUT2D eigenvalue weighted by atomic mass is 9.87. The summed E-state index contributed by atoms with van der Waals surface area (Å²) in [7, 11) is 0. The van der Waals surface area contributed by atoms with Crippen molar-refractivity contribution in [1.82, 2.24) is 5.43 Å². The maximum absolute atomic E-state index is 5.40. The van der Waals surface area contributed by atoms with Crippen LogP contribution in [0.5, 0.6) is 0 Å². The van der Waals surface area contributed by atoms with E-state index in [0.717, 1.165) is 5.57 Å². The average Bonchev–Trinajstić information content (AvgIpc) is 1.88. The summed E-state index contributed by atoms with van der Waals surface area (Å²) in [6, 6.07) is 0.245. The Balaban J connectivity index is 4.14. The monoisotopic (exact) mass is 156 g/mol. The summed E-state index contributed by atoms with van der Waals surface area (Å²) in [5, 5.41) is 0. The van der Waals surface area contributed by atoms with Crippen LogP contribution in [0.15, 0.2) is 12.2 Å². The van der Waals surface area contributed by atoms with Crippen molar-refractivity contribution in [2.24, 2.45) is 17.7 Å². The summed E-state index contributed by atoms with van der Waals surface area (Å²) in [5.74, 6) is 6.57. The average molecular weight is 156 g/mol. The molecule has 0 bridgehead atoms.